The van der Waals surface area contributed by atoms with Gasteiger partial charge in [-0.2, -0.15) is 0 Å². The van der Waals surface area contributed by atoms with E-state index in [1.54, 1.807) is 0 Å². The maximum Gasteiger partial charge on any atom is 0.348 e. The fourth-order valence-corrected chi connectivity index (χ4v) is 4.02. The zero-order valence-corrected chi connectivity index (χ0v) is 14.1. The van der Waals surface area contributed by atoms with Gasteiger partial charge < -0.3 is 9.15 Å². The third kappa shape index (κ3) is 2.65. The van der Waals surface area contributed by atoms with Crippen LogP contribution in [0.1, 0.15) is 38.3 Å². The van der Waals surface area contributed by atoms with Gasteiger partial charge >= 0.3 is 11.6 Å². The summed E-state index contributed by atoms with van der Waals surface area (Å²) < 4.78 is 10.8. The van der Waals surface area contributed by atoms with E-state index >= 15 is 0 Å². The molecule has 0 spiro atoms. The third-order valence-electron chi connectivity index (χ3n) is 4.45. The van der Waals surface area contributed by atoms with Gasteiger partial charge in [0.15, 0.2) is 0 Å². The second kappa shape index (κ2) is 5.91. The van der Waals surface area contributed by atoms with Gasteiger partial charge in [-0.05, 0) is 66.5 Å². The number of benzene rings is 1. The highest BCUT2D eigenvalue weighted by Crippen LogP contribution is 2.29. The lowest BCUT2D eigenvalue weighted by molar-refractivity contribution is 0.0479. The lowest BCUT2D eigenvalue weighted by Gasteiger charge is -2.09. The molecule has 1 aromatic carbocycles. The van der Waals surface area contributed by atoms with Crippen molar-refractivity contribution in [2.45, 2.75) is 32.8 Å². The van der Waals surface area contributed by atoms with Crippen LogP contribution in [0.5, 0.6) is 0 Å². The summed E-state index contributed by atoms with van der Waals surface area (Å²) in [6, 6.07) is 7.32. The standard InChI is InChI=1S/C19H16O4S/c1-11-5-6-24-18(11)19(21)22-10-14-9-17(20)23-16-8-13-4-2-3-12(13)7-15(14)16/h5-9H,2-4,10H2,1H3. The normalized spacial score (nSPS) is 13.2. The Hall–Kier alpha value is -2.40. The Kier molecular flexibility index (Phi) is 3.73. The van der Waals surface area contributed by atoms with Gasteiger partial charge in [-0.1, -0.05) is 0 Å². The van der Waals surface area contributed by atoms with E-state index in [1.807, 2.05) is 24.4 Å². The van der Waals surface area contributed by atoms with Crippen LogP contribution in [0.15, 0.2) is 38.9 Å². The predicted octanol–water partition coefficient (Wildman–Crippen LogP) is 4.01. The Labute approximate surface area is 142 Å². The number of rotatable bonds is 3. The number of carbonyl (C=O) groups is 1. The zero-order chi connectivity index (χ0) is 16.7. The van der Waals surface area contributed by atoms with Gasteiger partial charge in [0.2, 0.25) is 0 Å². The molecular formula is C19H16O4S. The monoisotopic (exact) mass is 340 g/mol. The van der Waals surface area contributed by atoms with Gasteiger partial charge in [0.25, 0.3) is 0 Å². The Balaban J connectivity index is 1.67. The first kappa shape index (κ1) is 15.1. The molecule has 0 amide bonds. The second-order valence-corrected chi connectivity index (χ2v) is 6.99. The van der Waals surface area contributed by atoms with Crippen molar-refractivity contribution in [3.63, 3.8) is 0 Å². The van der Waals surface area contributed by atoms with Crippen LogP contribution in [0.25, 0.3) is 11.0 Å². The topological polar surface area (TPSA) is 56.5 Å². The van der Waals surface area contributed by atoms with Crippen LogP contribution in [0.4, 0.5) is 0 Å². The lowest BCUT2D eigenvalue weighted by atomic mass is 10.0. The van der Waals surface area contributed by atoms with Crippen LogP contribution >= 0.6 is 11.3 Å². The van der Waals surface area contributed by atoms with Crippen LogP contribution in [0, 0.1) is 6.92 Å². The number of aryl methyl sites for hydroxylation is 3. The molecule has 2 heterocycles. The fraction of sp³-hybridized carbons (Fsp3) is 0.263. The van der Waals surface area contributed by atoms with E-state index in [0.29, 0.717) is 16.0 Å². The summed E-state index contributed by atoms with van der Waals surface area (Å²) in [7, 11) is 0. The molecule has 0 bridgehead atoms. The summed E-state index contributed by atoms with van der Waals surface area (Å²) in [6.07, 6.45) is 3.18. The van der Waals surface area contributed by atoms with Crippen LogP contribution in [0.3, 0.4) is 0 Å². The highest BCUT2D eigenvalue weighted by atomic mass is 32.1. The lowest BCUT2D eigenvalue weighted by Crippen LogP contribution is -2.08. The molecule has 24 heavy (non-hydrogen) atoms. The third-order valence-corrected chi connectivity index (χ3v) is 5.45. The summed E-state index contributed by atoms with van der Waals surface area (Å²) in [6.45, 7) is 1.94. The molecule has 0 N–H and O–H groups in total. The van der Waals surface area contributed by atoms with Gasteiger partial charge in [-0.25, -0.2) is 9.59 Å². The number of carbonyl (C=O) groups excluding carboxylic acids is 1. The van der Waals surface area contributed by atoms with E-state index in [-0.39, 0.29) is 12.6 Å². The minimum absolute atomic E-state index is 0.0665. The van der Waals surface area contributed by atoms with E-state index in [9.17, 15) is 9.59 Å². The van der Waals surface area contributed by atoms with Crippen molar-refractivity contribution in [1.82, 2.24) is 0 Å². The van der Waals surface area contributed by atoms with Crippen LogP contribution < -0.4 is 5.63 Å². The molecule has 122 valence electrons. The Bertz CT molecular complexity index is 996. The largest absolute Gasteiger partial charge is 0.457 e. The first-order chi connectivity index (χ1) is 11.6. The van der Waals surface area contributed by atoms with Crippen molar-refractivity contribution in [2.75, 3.05) is 0 Å². The quantitative estimate of drug-likeness (QED) is 0.534. The number of ether oxygens (including phenoxy) is 1. The Morgan fingerprint density at radius 1 is 1.25 bits per heavy atom. The van der Waals surface area contributed by atoms with Crippen molar-refractivity contribution in [2.24, 2.45) is 0 Å². The van der Waals surface area contributed by atoms with Gasteiger partial charge in [-0.15, -0.1) is 11.3 Å². The molecular weight excluding hydrogens is 324 g/mol. The molecule has 2 aromatic heterocycles. The van der Waals surface area contributed by atoms with Crippen LogP contribution in [0.2, 0.25) is 0 Å². The average molecular weight is 340 g/mol. The maximum absolute atomic E-state index is 12.2. The summed E-state index contributed by atoms with van der Waals surface area (Å²) >= 11 is 1.36. The Morgan fingerprint density at radius 3 is 2.79 bits per heavy atom. The number of esters is 1. The Morgan fingerprint density at radius 2 is 2.04 bits per heavy atom. The molecule has 0 radical (unpaired) electrons. The summed E-state index contributed by atoms with van der Waals surface area (Å²) in [4.78, 5) is 24.6. The van der Waals surface area contributed by atoms with Crippen molar-refractivity contribution in [1.29, 1.82) is 0 Å². The molecule has 0 saturated heterocycles. The molecule has 0 atom stereocenters. The van der Waals surface area contributed by atoms with Crippen LogP contribution in [-0.2, 0) is 24.2 Å². The molecule has 1 aliphatic carbocycles. The maximum atomic E-state index is 12.2. The molecule has 0 fully saturated rings. The van der Waals surface area contributed by atoms with Crippen molar-refractivity contribution in [3.8, 4) is 0 Å². The van der Waals surface area contributed by atoms with Gasteiger partial charge in [-0.3, -0.25) is 0 Å². The van der Waals surface area contributed by atoms with E-state index in [1.165, 1.54) is 28.5 Å². The molecule has 4 rings (SSSR count). The van der Waals surface area contributed by atoms with Crippen molar-refractivity contribution >= 4 is 28.3 Å². The molecule has 3 aromatic rings. The second-order valence-electron chi connectivity index (χ2n) is 6.07. The van der Waals surface area contributed by atoms with E-state index in [0.717, 1.165) is 30.2 Å². The zero-order valence-electron chi connectivity index (χ0n) is 13.3. The summed E-state index contributed by atoms with van der Waals surface area (Å²) in [5.74, 6) is -0.356. The smallest absolute Gasteiger partial charge is 0.348 e. The molecule has 0 aliphatic heterocycles. The number of fused-ring (bicyclic) bond motifs is 2. The average Bonchev–Trinajstić information content (AvgIpc) is 3.18. The number of thiophene rings is 1. The first-order valence-corrected chi connectivity index (χ1v) is 8.79. The number of hydrogen-bond donors (Lipinski definition) is 0. The van der Waals surface area contributed by atoms with E-state index in [4.69, 9.17) is 9.15 Å². The summed E-state index contributed by atoms with van der Waals surface area (Å²) in [5.41, 5.74) is 4.28. The van der Waals surface area contributed by atoms with Crippen molar-refractivity contribution in [3.05, 3.63) is 67.2 Å². The van der Waals surface area contributed by atoms with Crippen LogP contribution in [-0.4, -0.2) is 5.97 Å². The van der Waals surface area contributed by atoms with E-state index in [2.05, 4.69) is 6.07 Å². The molecule has 0 saturated carbocycles. The SMILES string of the molecule is Cc1ccsc1C(=O)OCc1cc(=O)oc2cc3c(cc12)CCC3. The molecule has 4 nitrogen and oxygen atoms in total. The number of hydrogen-bond acceptors (Lipinski definition) is 5. The van der Waals surface area contributed by atoms with Gasteiger partial charge in [0.05, 0.1) is 0 Å². The molecule has 5 heteroatoms. The predicted molar refractivity (Wildman–Crippen MR) is 92.7 cm³/mol. The molecule has 1 aliphatic rings. The van der Waals surface area contributed by atoms with Crippen molar-refractivity contribution < 1.29 is 13.9 Å². The minimum Gasteiger partial charge on any atom is -0.457 e. The first-order valence-electron chi connectivity index (χ1n) is 7.91. The summed E-state index contributed by atoms with van der Waals surface area (Å²) in [5, 5.41) is 2.72. The van der Waals surface area contributed by atoms with E-state index < -0.39 is 5.63 Å². The minimum atomic E-state index is -0.418. The fourth-order valence-electron chi connectivity index (χ4n) is 3.20. The van der Waals surface area contributed by atoms with Gasteiger partial charge in [0.1, 0.15) is 17.1 Å². The van der Waals surface area contributed by atoms with Gasteiger partial charge in [0, 0.05) is 17.0 Å². The highest BCUT2D eigenvalue weighted by molar-refractivity contribution is 7.12. The molecule has 0 unspecified atom stereocenters. The highest BCUT2D eigenvalue weighted by Gasteiger charge is 2.17.